The van der Waals surface area contributed by atoms with E-state index in [1.165, 1.54) is 29.8 Å². The molecule has 0 N–H and O–H groups in total. The predicted molar refractivity (Wildman–Crippen MR) is 109 cm³/mol. The van der Waals surface area contributed by atoms with E-state index in [4.69, 9.17) is 9.84 Å². The largest absolute Gasteiger partial charge is 0.461 e. The molecule has 0 unspecified atom stereocenters. The Hall–Kier alpha value is -3.47. The number of hydrazone groups is 1. The molecule has 3 aromatic rings. The first-order valence-corrected chi connectivity index (χ1v) is 9.58. The maximum atomic E-state index is 13.3. The van der Waals surface area contributed by atoms with Gasteiger partial charge in [0.2, 0.25) is 5.78 Å². The molecule has 0 bridgehead atoms. The van der Waals surface area contributed by atoms with E-state index in [1.807, 2.05) is 31.2 Å². The van der Waals surface area contributed by atoms with Crippen LogP contribution in [0.1, 0.15) is 39.5 Å². The molecular weight excluding hydrogens is 367 g/mol. The van der Waals surface area contributed by atoms with Gasteiger partial charge in [0, 0.05) is 17.5 Å². The van der Waals surface area contributed by atoms with Crippen molar-refractivity contribution < 1.29 is 13.9 Å². The smallest absolute Gasteiger partial charge is 0.251 e. The molecule has 0 aliphatic carbocycles. The number of carbonyl (C=O) groups is 1. The van der Waals surface area contributed by atoms with Gasteiger partial charge in [0.25, 0.3) is 6.23 Å². The summed E-state index contributed by atoms with van der Waals surface area (Å²) in [6, 6.07) is 21.4. The van der Waals surface area contributed by atoms with E-state index in [-0.39, 0.29) is 17.6 Å². The Morgan fingerprint density at radius 3 is 2.52 bits per heavy atom. The van der Waals surface area contributed by atoms with Crippen molar-refractivity contribution in [2.75, 3.05) is 0 Å². The molecule has 0 aromatic heterocycles. The van der Waals surface area contributed by atoms with Gasteiger partial charge in [0.05, 0.1) is 11.8 Å². The van der Waals surface area contributed by atoms with E-state index in [1.54, 1.807) is 5.01 Å². The van der Waals surface area contributed by atoms with Gasteiger partial charge in [-0.25, -0.2) is 9.40 Å². The van der Waals surface area contributed by atoms with Crippen LogP contribution >= 0.6 is 0 Å². The Bertz CT molecular complexity index is 1110. The molecule has 2 aliphatic rings. The number of hydrogen-bond acceptors (Lipinski definition) is 4. The minimum atomic E-state index is -0.886. The average Bonchev–Trinajstić information content (AvgIpc) is 3.19. The topological polar surface area (TPSA) is 41.9 Å². The van der Waals surface area contributed by atoms with Gasteiger partial charge in [-0.1, -0.05) is 48.0 Å². The van der Waals surface area contributed by atoms with E-state index in [0.29, 0.717) is 17.7 Å². The summed E-state index contributed by atoms with van der Waals surface area (Å²) in [5.41, 5.74) is 4.56. The molecule has 3 aromatic carbocycles. The Kier molecular flexibility index (Phi) is 4.16. The minimum absolute atomic E-state index is 0.0781. The molecule has 2 heterocycles. The molecule has 0 spiro atoms. The molecule has 0 saturated carbocycles. The third-order valence-corrected chi connectivity index (χ3v) is 5.44. The zero-order valence-electron chi connectivity index (χ0n) is 15.9. The van der Waals surface area contributed by atoms with Crippen molar-refractivity contribution in [3.63, 3.8) is 0 Å². The third kappa shape index (κ3) is 3.09. The van der Waals surface area contributed by atoms with Gasteiger partial charge < -0.3 is 4.74 Å². The number of hydrogen-bond donors (Lipinski definition) is 0. The van der Waals surface area contributed by atoms with Crippen molar-refractivity contribution in [1.82, 2.24) is 5.01 Å². The number of nitrogens with zero attached hydrogens (tertiary/aromatic N) is 2. The highest BCUT2D eigenvalue weighted by Gasteiger charge is 2.43. The molecule has 0 saturated heterocycles. The monoisotopic (exact) mass is 386 g/mol. The first-order chi connectivity index (χ1) is 14.1. The zero-order valence-corrected chi connectivity index (χ0v) is 15.9. The van der Waals surface area contributed by atoms with Gasteiger partial charge in [-0.15, -0.1) is 0 Å². The second-order valence-electron chi connectivity index (χ2n) is 7.39. The van der Waals surface area contributed by atoms with Gasteiger partial charge in [0.15, 0.2) is 0 Å². The lowest BCUT2D eigenvalue weighted by Gasteiger charge is -2.37. The van der Waals surface area contributed by atoms with Crippen LogP contribution in [0.5, 0.6) is 5.75 Å². The zero-order chi connectivity index (χ0) is 20.0. The second kappa shape index (κ2) is 6.85. The first kappa shape index (κ1) is 17.6. The minimum Gasteiger partial charge on any atom is -0.461 e. The number of aryl methyl sites for hydroxylation is 1. The first-order valence-electron chi connectivity index (χ1n) is 9.58. The molecule has 5 rings (SSSR count). The van der Waals surface area contributed by atoms with Crippen LogP contribution in [0.15, 0.2) is 77.9 Å². The van der Waals surface area contributed by atoms with Gasteiger partial charge in [-0.05, 0) is 42.8 Å². The van der Waals surface area contributed by atoms with Crippen LogP contribution in [0.25, 0.3) is 0 Å². The fraction of sp³-hybridized carbons (Fsp3) is 0.167. The van der Waals surface area contributed by atoms with Crippen molar-refractivity contribution in [3.05, 3.63) is 101 Å². The highest BCUT2D eigenvalue weighted by atomic mass is 19.1. The maximum absolute atomic E-state index is 13.3. The summed E-state index contributed by atoms with van der Waals surface area (Å²) >= 11 is 0. The predicted octanol–water partition coefficient (Wildman–Crippen LogP) is 4.89. The van der Waals surface area contributed by atoms with Crippen LogP contribution in [0, 0.1) is 12.7 Å². The lowest BCUT2D eigenvalue weighted by Crippen LogP contribution is -2.45. The number of ether oxygens (including phenoxy) is 1. The van der Waals surface area contributed by atoms with E-state index in [9.17, 15) is 9.18 Å². The molecule has 4 nitrogen and oxygen atoms in total. The maximum Gasteiger partial charge on any atom is 0.251 e. The lowest BCUT2D eigenvalue weighted by molar-refractivity contribution is -0.00456. The second-order valence-corrected chi connectivity index (χ2v) is 7.39. The van der Waals surface area contributed by atoms with E-state index < -0.39 is 6.23 Å². The highest BCUT2D eigenvalue weighted by molar-refractivity contribution is 6.03. The summed E-state index contributed by atoms with van der Waals surface area (Å²) in [4.78, 5) is 13.2. The van der Waals surface area contributed by atoms with Crippen LogP contribution in [-0.4, -0.2) is 22.7 Å². The summed E-state index contributed by atoms with van der Waals surface area (Å²) in [5.74, 6) is 0.0724. The van der Waals surface area contributed by atoms with Crippen LogP contribution in [-0.2, 0) is 0 Å². The quantitative estimate of drug-likeness (QED) is 0.602. The number of fused-ring (bicyclic) bond motifs is 3. The van der Waals surface area contributed by atoms with Gasteiger partial charge in [0.1, 0.15) is 11.6 Å². The molecular formula is C24H19FN2O2. The number of halogens is 1. The number of rotatable bonds is 3. The molecule has 0 amide bonds. The third-order valence-electron chi connectivity index (χ3n) is 5.44. The standard InChI is InChI=1S/C24H19FN2O2/c1-15-6-8-16(9-7-15)20-14-21-19-4-2-3-5-22(19)29-24(27(21)26-20)23(28)17-10-12-18(25)13-11-17/h2-13,21,24H,14H2,1H3/t21-,24-/m0/s1. The lowest BCUT2D eigenvalue weighted by atomic mass is 9.95. The number of carbonyl (C=O) groups excluding carboxylic acids is 1. The summed E-state index contributed by atoms with van der Waals surface area (Å²) in [5, 5.41) is 6.54. The number of Topliss-reactive ketones (excluding diaryl/α,β-unsaturated/α-hetero) is 1. The van der Waals surface area contributed by atoms with Gasteiger partial charge in [-0.2, -0.15) is 5.10 Å². The van der Waals surface area contributed by atoms with Crippen molar-refractivity contribution in [2.45, 2.75) is 25.6 Å². The Morgan fingerprint density at radius 2 is 1.76 bits per heavy atom. The van der Waals surface area contributed by atoms with Gasteiger partial charge in [-0.3, -0.25) is 4.79 Å². The molecule has 29 heavy (non-hydrogen) atoms. The Balaban J connectivity index is 1.55. The molecule has 144 valence electrons. The SMILES string of the molecule is Cc1ccc(C2=NN3[C@H](C(=O)c4ccc(F)cc4)Oc4ccccc4[C@@H]3C2)cc1. The van der Waals surface area contributed by atoms with Crippen LogP contribution in [0.2, 0.25) is 0 Å². The van der Waals surface area contributed by atoms with Crippen molar-refractivity contribution in [1.29, 1.82) is 0 Å². The van der Waals surface area contributed by atoms with Crippen LogP contribution in [0.3, 0.4) is 0 Å². The normalized spacial score (nSPS) is 19.8. The van der Waals surface area contributed by atoms with Crippen molar-refractivity contribution >= 4 is 11.5 Å². The van der Waals surface area contributed by atoms with Crippen molar-refractivity contribution in [3.8, 4) is 5.75 Å². The summed E-state index contributed by atoms with van der Waals surface area (Å²) in [7, 11) is 0. The van der Waals surface area contributed by atoms with Crippen molar-refractivity contribution in [2.24, 2.45) is 5.10 Å². The van der Waals surface area contributed by atoms with E-state index in [2.05, 4.69) is 24.3 Å². The molecule has 2 aliphatic heterocycles. The fourth-order valence-corrected chi connectivity index (χ4v) is 3.88. The Labute approximate surface area is 168 Å². The average molecular weight is 386 g/mol. The molecule has 2 atom stereocenters. The van der Waals surface area contributed by atoms with E-state index >= 15 is 0 Å². The summed E-state index contributed by atoms with van der Waals surface area (Å²) < 4.78 is 19.4. The molecule has 5 heteroatoms. The summed E-state index contributed by atoms with van der Waals surface area (Å²) in [6.07, 6.45) is -0.195. The van der Waals surface area contributed by atoms with Crippen LogP contribution in [0.4, 0.5) is 4.39 Å². The Morgan fingerprint density at radius 1 is 1.03 bits per heavy atom. The number of para-hydroxylation sites is 1. The fourth-order valence-electron chi connectivity index (χ4n) is 3.88. The number of ketones is 1. The molecule has 0 radical (unpaired) electrons. The van der Waals surface area contributed by atoms with Crippen LogP contribution < -0.4 is 4.74 Å². The van der Waals surface area contributed by atoms with E-state index in [0.717, 1.165) is 16.8 Å². The summed E-state index contributed by atoms with van der Waals surface area (Å²) in [6.45, 7) is 2.05. The molecule has 0 fully saturated rings. The van der Waals surface area contributed by atoms with Gasteiger partial charge >= 0.3 is 0 Å². The highest BCUT2D eigenvalue weighted by Crippen LogP contribution is 2.43. The number of benzene rings is 3.